The van der Waals surface area contributed by atoms with Gasteiger partial charge in [-0.05, 0) is 18.9 Å². The zero-order valence-corrected chi connectivity index (χ0v) is 10.3. The SMILES string of the molecule is CC(C)C(C)(CN)NC(=O)c1ccc(=O)oc1. The standard InChI is InChI=1S/C12H18N2O3/c1-8(2)12(3,7-13)14-11(16)9-4-5-10(15)17-6-9/h4-6,8H,7,13H2,1-3H3,(H,14,16). The number of rotatable bonds is 4. The highest BCUT2D eigenvalue weighted by molar-refractivity contribution is 5.94. The first-order chi connectivity index (χ1) is 7.89. The molecule has 3 N–H and O–H groups in total. The molecule has 1 heterocycles. The fourth-order valence-corrected chi connectivity index (χ4v) is 1.25. The van der Waals surface area contributed by atoms with Crippen molar-refractivity contribution in [3.05, 3.63) is 34.4 Å². The lowest BCUT2D eigenvalue weighted by atomic mass is 9.88. The van der Waals surface area contributed by atoms with Gasteiger partial charge in [0.25, 0.3) is 5.91 Å². The summed E-state index contributed by atoms with van der Waals surface area (Å²) in [5, 5.41) is 2.85. The molecule has 0 radical (unpaired) electrons. The van der Waals surface area contributed by atoms with Gasteiger partial charge in [-0.25, -0.2) is 4.79 Å². The van der Waals surface area contributed by atoms with Crippen molar-refractivity contribution < 1.29 is 9.21 Å². The number of carbonyl (C=O) groups excluding carboxylic acids is 1. The van der Waals surface area contributed by atoms with Crippen molar-refractivity contribution in [3.8, 4) is 0 Å². The lowest BCUT2D eigenvalue weighted by Crippen LogP contribution is -2.55. The van der Waals surface area contributed by atoms with E-state index in [9.17, 15) is 9.59 Å². The van der Waals surface area contributed by atoms with Crippen LogP contribution < -0.4 is 16.7 Å². The summed E-state index contributed by atoms with van der Waals surface area (Å²) in [6, 6.07) is 2.64. The van der Waals surface area contributed by atoms with Gasteiger partial charge in [-0.1, -0.05) is 13.8 Å². The van der Waals surface area contributed by atoms with Gasteiger partial charge >= 0.3 is 5.63 Å². The molecule has 0 aromatic carbocycles. The number of amides is 1. The molecule has 0 aliphatic rings. The average Bonchev–Trinajstić information content (AvgIpc) is 2.29. The van der Waals surface area contributed by atoms with E-state index in [1.807, 2.05) is 20.8 Å². The molecule has 17 heavy (non-hydrogen) atoms. The average molecular weight is 238 g/mol. The topological polar surface area (TPSA) is 85.3 Å². The third kappa shape index (κ3) is 3.17. The Morgan fingerprint density at radius 3 is 2.59 bits per heavy atom. The van der Waals surface area contributed by atoms with Crippen molar-refractivity contribution in [3.63, 3.8) is 0 Å². The van der Waals surface area contributed by atoms with Crippen molar-refractivity contribution in [2.75, 3.05) is 6.54 Å². The Labute approximate surface area is 100 Å². The summed E-state index contributed by atoms with van der Waals surface area (Å²) in [4.78, 5) is 22.7. The monoisotopic (exact) mass is 238 g/mol. The largest absolute Gasteiger partial charge is 0.430 e. The molecule has 1 amide bonds. The van der Waals surface area contributed by atoms with Crippen LogP contribution >= 0.6 is 0 Å². The molecular formula is C12H18N2O3. The fourth-order valence-electron chi connectivity index (χ4n) is 1.25. The highest BCUT2D eigenvalue weighted by atomic mass is 16.4. The normalized spacial score (nSPS) is 14.4. The summed E-state index contributed by atoms with van der Waals surface area (Å²) < 4.78 is 4.64. The van der Waals surface area contributed by atoms with Crippen molar-refractivity contribution >= 4 is 5.91 Å². The molecule has 94 valence electrons. The van der Waals surface area contributed by atoms with E-state index in [-0.39, 0.29) is 11.8 Å². The number of carbonyl (C=O) groups is 1. The Hall–Kier alpha value is -1.62. The molecule has 1 unspecified atom stereocenters. The van der Waals surface area contributed by atoms with Gasteiger partial charge in [-0.15, -0.1) is 0 Å². The van der Waals surface area contributed by atoms with E-state index in [4.69, 9.17) is 5.73 Å². The van der Waals surface area contributed by atoms with E-state index >= 15 is 0 Å². The first-order valence-electron chi connectivity index (χ1n) is 5.50. The maximum absolute atomic E-state index is 11.9. The molecule has 1 aromatic rings. The number of nitrogens with two attached hydrogens (primary N) is 1. The molecule has 5 nitrogen and oxygen atoms in total. The van der Waals surface area contributed by atoms with E-state index in [0.29, 0.717) is 12.1 Å². The third-order valence-electron chi connectivity index (χ3n) is 3.06. The first kappa shape index (κ1) is 13.4. The summed E-state index contributed by atoms with van der Waals surface area (Å²) >= 11 is 0. The van der Waals surface area contributed by atoms with Crippen molar-refractivity contribution in [2.24, 2.45) is 11.7 Å². The summed E-state index contributed by atoms with van der Waals surface area (Å²) in [5.41, 5.74) is 5.02. The van der Waals surface area contributed by atoms with Crippen LogP contribution in [-0.4, -0.2) is 18.0 Å². The zero-order chi connectivity index (χ0) is 13.1. The van der Waals surface area contributed by atoms with Crippen LogP contribution in [0.5, 0.6) is 0 Å². The summed E-state index contributed by atoms with van der Waals surface area (Å²) in [7, 11) is 0. The molecule has 0 saturated heterocycles. The van der Waals surface area contributed by atoms with Gasteiger partial charge < -0.3 is 15.5 Å². The van der Waals surface area contributed by atoms with Crippen molar-refractivity contribution in [2.45, 2.75) is 26.3 Å². The molecule has 1 aromatic heterocycles. The Balaban J connectivity index is 2.85. The minimum atomic E-state index is -0.480. The van der Waals surface area contributed by atoms with Crippen LogP contribution in [0.15, 0.2) is 27.6 Å². The molecular weight excluding hydrogens is 220 g/mol. The minimum Gasteiger partial charge on any atom is -0.430 e. The highest BCUT2D eigenvalue weighted by Crippen LogP contribution is 2.15. The lowest BCUT2D eigenvalue weighted by Gasteiger charge is -2.33. The number of hydrogen-bond donors (Lipinski definition) is 2. The van der Waals surface area contributed by atoms with Crippen LogP contribution in [0.2, 0.25) is 0 Å². The summed E-state index contributed by atoms with van der Waals surface area (Å²) in [6.07, 6.45) is 1.15. The lowest BCUT2D eigenvalue weighted by molar-refractivity contribution is 0.0880. The molecule has 5 heteroatoms. The second kappa shape index (κ2) is 5.14. The summed E-state index contributed by atoms with van der Waals surface area (Å²) in [5.74, 6) is -0.0948. The Morgan fingerprint density at radius 2 is 2.18 bits per heavy atom. The van der Waals surface area contributed by atoms with Gasteiger partial charge in [0.05, 0.1) is 11.1 Å². The van der Waals surface area contributed by atoms with Crippen LogP contribution in [0.1, 0.15) is 31.1 Å². The molecule has 0 saturated carbocycles. The predicted molar refractivity (Wildman–Crippen MR) is 64.7 cm³/mol. The number of nitrogens with one attached hydrogen (secondary N) is 1. The van der Waals surface area contributed by atoms with E-state index in [1.54, 1.807) is 0 Å². The first-order valence-corrected chi connectivity index (χ1v) is 5.50. The molecule has 0 aliphatic carbocycles. The Kier molecular flexibility index (Phi) is 4.07. The van der Waals surface area contributed by atoms with Crippen LogP contribution in [0, 0.1) is 5.92 Å². The Morgan fingerprint density at radius 1 is 1.53 bits per heavy atom. The second-order valence-corrected chi connectivity index (χ2v) is 4.57. The van der Waals surface area contributed by atoms with Gasteiger partial charge in [0, 0.05) is 12.6 Å². The summed E-state index contributed by atoms with van der Waals surface area (Å²) in [6.45, 7) is 6.19. The van der Waals surface area contributed by atoms with E-state index in [2.05, 4.69) is 9.73 Å². The third-order valence-corrected chi connectivity index (χ3v) is 3.06. The van der Waals surface area contributed by atoms with Crippen LogP contribution in [0.3, 0.4) is 0 Å². The molecule has 0 aliphatic heterocycles. The minimum absolute atomic E-state index is 0.201. The van der Waals surface area contributed by atoms with Crippen molar-refractivity contribution in [1.82, 2.24) is 5.32 Å². The fraction of sp³-hybridized carbons (Fsp3) is 0.500. The maximum atomic E-state index is 11.9. The Bertz CT molecular complexity index is 433. The smallest absolute Gasteiger partial charge is 0.335 e. The highest BCUT2D eigenvalue weighted by Gasteiger charge is 2.28. The van der Waals surface area contributed by atoms with E-state index < -0.39 is 11.2 Å². The van der Waals surface area contributed by atoms with Gasteiger partial charge in [0.1, 0.15) is 6.26 Å². The predicted octanol–water partition coefficient (Wildman–Crippen LogP) is 0.743. The number of hydrogen-bond acceptors (Lipinski definition) is 4. The molecule has 0 fully saturated rings. The van der Waals surface area contributed by atoms with Gasteiger partial charge in [-0.3, -0.25) is 4.79 Å². The maximum Gasteiger partial charge on any atom is 0.335 e. The van der Waals surface area contributed by atoms with E-state index in [0.717, 1.165) is 6.26 Å². The second-order valence-electron chi connectivity index (χ2n) is 4.57. The molecule has 0 bridgehead atoms. The van der Waals surface area contributed by atoms with E-state index in [1.165, 1.54) is 12.1 Å². The quantitative estimate of drug-likeness (QED) is 0.810. The zero-order valence-electron chi connectivity index (χ0n) is 10.3. The van der Waals surface area contributed by atoms with Gasteiger partial charge in [0.15, 0.2) is 0 Å². The van der Waals surface area contributed by atoms with Gasteiger partial charge in [0.2, 0.25) is 0 Å². The molecule has 1 atom stereocenters. The van der Waals surface area contributed by atoms with Crippen molar-refractivity contribution in [1.29, 1.82) is 0 Å². The van der Waals surface area contributed by atoms with Crippen LogP contribution in [0.4, 0.5) is 0 Å². The molecule has 1 rings (SSSR count). The molecule has 0 spiro atoms. The van der Waals surface area contributed by atoms with Gasteiger partial charge in [-0.2, -0.15) is 0 Å². The van der Waals surface area contributed by atoms with Crippen LogP contribution in [-0.2, 0) is 0 Å². The van der Waals surface area contributed by atoms with Crippen LogP contribution in [0.25, 0.3) is 0 Å².